The summed E-state index contributed by atoms with van der Waals surface area (Å²) in [5, 5.41) is 12.0. The molecule has 1 aromatic carbocycles. The molecule has 0 spiro atoms. The maximum absolute atomic E-state index is 12.4. The van der Waals surface area contributed by atoms with Gasteiger partial charge in [0, 0.05) is 12.6 Å². The molecule has 0 atom stereocenters. The number of anilines is 1. The number of carbonyl (C=O) groups excluding carboxylic acids is 1. The average molecular weight is 292 g/mol. The highest BCUT2D eigenvalue weighted by Gasteiger charge is 2.21. The molecule has 0 fully saturated rings. The molecule has 0 saturated heterocycles. The van der Waals surface area contributed by atoms with Crippen molar-refractivity contribution in [3.8, 4) is 0 Å². The quantitative estimate of drug-likeness (QED) is 0.871. The Kier molecular flexibility index (Phi) is 5.76. The first-order valence-corrected chi connectivity index (χ1v) is 7.14. The summed E-state index contributed by atoms with van der Waals surface area (Å²) in [6, 6.07) is 4.84. The van der Waals surface area contributed by atoms with Crippen molar-refractivity contribution in [3.63, 3.8) is 0 Å². The Morgan fingerprint density at radius 1 is 1.24 bits per heavy atom. The number of aromatic carboxylic acids is 1. The smallest absolute Gasteiger partial charge is 0.338 e. The number of carbonyl (C=O) groups is 2. The Hall–Kier alpha value is -2.04. The van der Waals surface area contributed by atoms with Gasteiger partial charge >= 0.3 is 12.0 Å². The molecule has 0 radical (unpaired) electrons. The van der Waals surface area contributed by atoms with E-state index in [0.717, 1.165) is 0 Å². The second-order valence-electron chi connectivity index (χ2n) is 5.87. The van der Waals surface area contributed by atoms with Gasteiger partial charge in [0.2, 0.25) is 0 Å². The number of carboxylic acids is 1. The van der Waals surface area contributed by atoms with Crippen LogP contribution >= 0.6 is 0 Å². The fourth-order valence-electron chi connectivity index (χ4n) is 2.16. The summed E-state index contributed by atoms with van der Waals surface area (Å²) in [4.78, 5) is 25.4. The predicted molar refractivity (Wildman–Crippen MR) is 83.8 cm³/mol. The first kappa shape index (κ1) is 17.0. The number of nitrogens with one attached hydrogen (secondary N) is 1. The fraction of sp³-hybridized carbons (Fsp3) is 0.500. The monoisotopic (exact) mass is 292 g/mol. The van der Waals surface area contributed by atoms with Gasteiger partial charge in [-0.25, -0.2) is 9.59 Å². The lowest BCUT2D eigenvalue weighted by atomic mass is 10.1. The van der Waals surface area contributed by atoms with Crippen LogP contribution in [0.5, 0.6) is 0 Å². The normalized spacial score (nSPS) is 10.8. The van der Waals surface area contributed by atoms with Gasteiger partial charge < -0.3 is 15.3 Å². The number of nitrogens with zero attached hydrogens (tertiary/aromatic N) is 1. The van der Waals surface area contributed by atoms with Crippen LogP contribution in [-0.4, -0.2) is 34.6 Å². The molecule has 5 nitrogen and oxygen atoms in total. The molecule has 0 heterocycles. The molecule has 0 bridgehead atoms. The number of amides is 2. The zero-order chi connectivity index (χ0) is 16.2. The topological polar surface area (TPSA) is 69.6 Å². The number of carboxylic acid groups (broad SMARTS) is 1. The lowest BCUT2D eigenvalue weighted by Crippen LogP contribution is -2.42. The van der Waals surface area contributed by atoms with Crippen molar-refractivity contribution in [1.29, 1.82) is 0 Å². The minimum Gasteiger partial charge on any atom is -0.478 e. The van der Waals surface area contributed by atoms with Crippen molar-refractivity contribution in [2.75, 3.05) is 11.9 Å². The molecule has 0 aromatic heterocycles. The SMILES string of the molecule is Cc1cccc(NC(=O)N(CC(C)C)C(C)C)c1C(=O)O. The molecule has 0 aliphatic carbocycles. The summed E-state index contributed by atoms with van der Waals surface area (Å²) in [5.41, 5.74) is 1.10. The molecule has 0 unspecified atom stereocenters. The number of urea groups is 1. The number of hydrogen-bond donors (Lipinski definition) is 2. The maximum Gasteiger partial charge on any atom is 0.338 e. The van der Waals surface area contributed by atoms with Gasteiger partial charge in [-0.1, -0.05) is 26.0 Å². The van der Waals surface area contributed by atoms with Crippen molar-refractivity contribution in [2.24, 2.45) is 5.92 Å². The fourth-order valence-corrected chi connectivity index (χ4v) is 2.16. The Labute approximate surface area is 126 Å². The minimum absolute atomic E-state index is 0.0467. The first-order valence-electron chi connectivity index (χ1n) is 7.14. The van der Waals surface area contributed by atoms with Crippen molar-refractivity contribution in [1.82, 2.24) is 4.90 Å². The predicted octanol–water partition coefficient (Wildman–Crippen LogP) is 3.59. The van der Waals surface area contributed by atoms with Crippen LogP contribution in [0.15, 0.2) is 18.2 Å². The number of benzene rings is 1. The third-order valence-corrected chi connectivity index (χ3v) is 3.17. The second kappa shape index (κ2) is 7.11. The van der Waals surface area contributed by atoms with Crippen molar-refractivity contribution < 1.29 is 14.7 Å². The Morgan fingerprint density at radius 3 is 2.33 bits per heavy atom. The molecule has 2 N–H and O–H groups in total. The minimum atomic E-state index is -1.04. The van der Waals surface area contributed by atoms with E-state index < -0.39 is 5.97 Å². The van der Waals surface area contributed by atoms with E-state index >= 15 is 0 Å². The van der Waals surface area contributed by atoms with Gasteiger partial charge in [-0.3, -0.25) is 0 Å². The van der Waals surface area contributed by atoms with Gasteiger partial charge in [0.05, 0.1) is 11.3 Å². The van der Waals surface area contributed by atoms with E-state index in [-0.39, 0.29) is 17.6 Å². The zero-order valence-electron chi connectivity index (χ0n) is 13.3. The Morgan fingerprint density at radius 2 is 1.86 bits per heavy atom. The number of aryl methyl sites for hydroxylation is 1. The van der Waals surface area contributed by atoms with E-state index in [1.54, 1.807) is 30.0 Å². The Bertz CT molecular complexity index is 524. The van der Waals surface area contributed by atoms with E-state index in [0.29, 0.717) is 23.7 Å². The average Bonchev–Trinajstić information content (AvgIpc) is 2.34. The lowest BCUT2D eigenvalue weighted by molar-refractivity contribution is 0.0697. The van der Waals surface area contributed by atoms with Crippen molar-refractivity contribution in [3.05, 3.63) is 29.3 Å². The van der Waals surface area contributed by atoms with Gasteiger partial charge in [-0.05, 0) is 38.3 Å². The Balaban J connectivity index is 3.02. The van der Waals surface area contributed by atoms with E-state index in [1.807, 2.05) is 27.7 Å². The highest BCUT2D eigenvalue weighted by Crippen LogP contribution is 2.20. The third-order valence-electron chi connectivity index (χ3n) is 3.17. The highest BCUT2D eigenvalue weighted by molar-refractivity contribution is 6.01. The van der Waals surface area contributed by atoms with Crippen LogP contribution < -0.4 is 5.32 Å². The summed E-state index contributed by atoms with van der Waals surface area (Å²) in [5.74, 6) is -0.696. The summed E-state index contributed by atoms with van der Waals surface area (Å²) >= 11 is 0. The van der Waals surface area contributed by atoms with Gasteiger partial charge in [0.25, 0.3) is 0 Å². The summed E-state index contributed by atoms with van der Waals surface area (Å²) in [7, 11) is 0. The molecular formula is C16H24N2O3. The van der Waals surface area contributed by atoms with Crippen LogP contribution in [-0.2, 0) is 0 Å². The summed E-state index contributed by atoms with van der Waals surface area (Å²) in [6.07, 6.45) is 0. The lowest BCUT2D eigenvalue weighted by Gasteiger charge is -2.29. The molecule has 1 aromatic rings. The number of hydrogen-bond acceptors (Lipinski definition) is 2. The maximum atomic E-state index is 12.4. The van der Waals surface area contributed by atoms with E-state index in [2.05, 4.69) is 5.32 Å². The van der Waals surface area contributed by atoms with Crippen LogP contribution in [0.1, 0.15) is 43.6 Å². The zero-order valence-corrected chi connectivity index (χ0v) is 13.3. The van der Waals surface area contributed by atoms with Crippen LogP contribution in [0.3, 0.4) is 0 Å². The molecule has 2 amide bonds. The van der Waals surface area contributed by atoms with Gasteiger partial charge in [0.1, 0.15) is 0 Å². The molecular weight excluding hydrogens is 268 g/mol. The van der Waals surface area contributed by atoms with E-state index in [4.69, 9.17) is 0 Å². The summed E-state index contributed by atoms with van der Waals surface area (Å²) in [6.45, 7) is 10.3. The molecule has 21 heavy (non-hydrogen) atoms. The van der Waals surface area contributed by atoms with Gasteiger partial charge in [-0.15, -0.1) is 0 Å². The molecule has 5 heteroatoms. The highest BCUT2D eigenvalue weighted by atomic mass is 16.4. The van der Waals surface area contributed by atoms with Crippen molar-refractivity contribution >= 4 is 17.7 Å². The molecule has 0 aliphatic heterocycles. The largest absolute Gasteiger partial charge is 0.478 e. The van der Waals surface area contributed by atoms with Gasteiger partial charge in [-0.2, -0.15) is 0 Å². The van der Waals surface area contributed by atoms with E-state index in [1.165, 1.54) is 0 Å². The standard InChI is InChI=1S/C16H24N2O3/c1-10(2)9-18(11(3)4)16(21)17-13-8-6-7-12(5)14(13)15(19)20/h6-8,10-11H,9H2,1-5H3,(H,17,21)(H,19,20). The van der Waals surface area contributed by atoms with E-state index in [9.17, 15) is 14.7 Å². The van der Waals surface area contributed by atoms with Crippen LogP contribution in [0.25, 0.3) is 0 Å². The van der Waals surface area contributed by atoms with Crippen molar-refractivity contribution in [2.45, 2.75) is 40.7 Å². The van der Waals surface area contributed by atoms with Gasteiger partial charge in [0.15, 0.2) is 0 Å². The summed E-state index contributed by atoms with van der Waals surface area (Å²) < 4.78 is 0. The molecule has 0 aliphatic rings. The molecule has 0 saturated carbocycles. The van der Waals surface area contributed by atoms with Crippen LogP contribution in [0.2, 0.25) is 0 Å². The second-order valence-corrected chi connectivity index (χ2v) is 5.87. The third kappa shape index (κ3) is 4.48. The molecule has 1 rings (SSSR count). The van der Waals surface area contributed by atoms with Crippen LogP contribution in [0, 0.1) is 12.8 Å². The molecule has 116 valence electrons. The first-order chi connectivity index (χ1) is 9.73. The van der Waals surface area contributed by atoms with Crippen LogP contribution in [0.4, 0.5) is 10.5 Å². The number of rotatable bonds is 5.